The van der Waals surface area contributed by atoms with Crippen molar-refractivity contribution in [1.82, 2.24) is 30.2 Å². The minimum absolute atomic E-state index is 0.101. The number of unbranched alkanes of at least 4 members (excludes halogenated alkanes) is 1. The smallest absolute Gasteiger partial charge is 0.338 e. The molecule has 1 fully saturated rings. The molecule has 10 N–H and O–H groups in total. The number of aliphatic hydroxyl groups excluding tert-OH is 2. The van der Waals surface area contributed by atoms with Crippen molar-refractivity contribution < 1.29 is 34.4 Å². The van der Waals surface area contributed by atoms with Gasteiger partial charge in [-0.25, -0.2) is 29.5 Å². The SMILES string of the molecule is COC(=O)c1cc(O)c2cc(NC(=O)NCCCCNC(N)=NC/C=C/[C@H]3O[C@@H](n4cnc5c(N)ncnc54)[C@H](O)[C@@H]3O)ccc2c1. The van der Waals surface area contributed by atoms with Crippen molar-refractivity contribution in [2.24, 2.45) is 10.7 Å². The standard InChI is InChI=1S/C30H36N10O7/c1-46-28(44)17-11-16-6-7-18(13-19(16)20(41)12-17)39-30(45)35-9-3-2-8-33-29(32)34-10-4-5-21-23(42)24(43)27(47-21)40-15-38-22-25(31)36-14-37-26(22)40/h4-7,11-15,21,23-24,27,41-43H,2-3,8-10H2,1H3,(H2,31,36,37)(H3,32,33,34)(H2,35,39,45)/b5-4+/t21-,23-,24-,27-/m1/s1. The Hall–Kier alpha value is -5.52. The molecule has 1 saturated heterocycles. The Balaban J connectivity index is 0.992. The number of carbonyl (C=O) groups excluding carboxylic acids is 2. The number of nitrogen functional groups attached to an aromatic ring is 1. The predicted molar refractivity (Wildman–Crippen MR) is 172 cm³/mol. The van der Waals surface area contributed by atoms with Crippen molar-refractivity contribution >= 4 is 51.4 Å². The first-order valence-electron chi connectivity index (χ1n) is 14.7. The second-order valence-electron chi connectivity index (χ2n) is 10.6. The molecule has 0 unspecified atom stereocenters. The number of phenols is 1. The third-order valence-electron chi connectivity index (χ3n) is 7.44. The van der Waals surface area contributed by atoms with Gasteiger partial charge < -0.3 is 52.2 Å². The summed E-state index contributed by atoms with van der Waals surface area (Å²) in [5, 5.41) is 41.0. The lowest BCUT2D eigenvalue weighted by Gasteiger charge is -2.16. The lowest BCUT2D eigenvalue weighted by molar-refractivity contribution is -0.0245. The zero-order valence-electron chi connectivity index (χ0n) is 25.4. The van der Waals surface area contributed by atoms with Gasteiger partial charge >= 0.3 is 12.0 Å². The van der Waals surface area contributed by atoms with Gasteiger partial charge in [-0.3, -0.25) is 4.57 Å². The molecule has 47 heavy (non-hydrogen) atoms. The molecule has 5 rings (SSSR count). The Morgan fingerprint density at radius 2 is 1.89 bits per heavy atom. The monoisotopic (exact) mass is 648 g/mol. The Morgan fingerprint density at radius 3 is 2.68 bits per heavy atom. The van der Waals surface area contributed by atoms with Crippen molar-refractivity contribution in [2.45, 2.75) is 37.4 Å². The third kappa shape index (κ3) is 7.66. The number of ether oxygens (including phenoxy) is 2. The number of amides is 2. The Morgan fingerprint density at radius 1 is 1.11 bits per heavy atom. The number of urea groups is 1. The van der Waals surface area contributed by atoms with Gasteiger partial charge in [-0.05, 0) is 42.5 Å². The normalized spacial score (nSPS) is 19.8. The molecule has 17 heteroatoms. The van der Waals surface area contributed by atoms with Gasteiger partial charge in [0.05, 0.1) is 25.5 Å². The van der Waals surface area contributed by atoms with Gasteiger partial charge in [-0.15, -0.1) is 0 Å². The van der Waals surface area contributed by atoms with Gasteiger partial charge in [0.1, 0.15) is 35.9 Å². The number of esters is 1. The summed E-state index contributed by atoms with van der Waals surface area (Å²) >= 11 is 0. The van der Waals surface area contributed by atoms with Crippen LogP contribution in [0.4, 0.5) is 16.3 Å². The summed E-state index contributed by atoms with van der Waals surface area (Å²) in [7, 11) is 1.26. The predicted octanol–water partition coefficient (Wildman–Crippen LogP) is 0.736. The van der Waals surface area contributed by atoms with E-state index in [-0.39, 0.29) is 29.6 Å². The second-order valence-corrected chi connectivity index (χ2v) is 10.6. The highest BCUT2D eigenvalue weighted by Crippen LogP contribution is 2.32. The molecule has 2 aromatic carbocycles. The number of aromatic hydroxyl groups is 1. The van der Waals surface area contributed by atoms with E-state index in [4.69, 9.17) is 20.9 Å². The number of nitrogens with zero attached hydrogens (tertiary/aromatic N) is 5. The van der Waals surface area contributed by atoms with E-state index >= 15 is 0 Å². The van der Waals surface area contributed by atoms with Crippen LogP contribution in [0.1, 0.15) is 29.4 Å². The molecule has 17 nitrogen and oxygen atoms in total. The maximum Gasteiger partial charge on any atom is 0.338 e. The number of benzene rings is 2. The molecule has 0 radical (unpaired) electrons. The quantitative estimate of drug-likeness (QED) is 0.0367. The van der Waals surface area contributed by atoms with E-state index in [0.29, 0.717) is 53.6 Å². The number of anilines is 2. The lowest BCUT2D eigenvalue weighted by Crippen LogP contribution is -2.33. The number of hydrogen-bond donors (Lipinski definition) is 8. The number of phenolic OH excluding ortho intramolecular Hbond substituents is 1. The van der Waals surface area contributed by atoms with Gasteiger partial charge in [0.2, 0.25) is 0 Å². The third-order valence-corrected chi connectivity index (χ3v) is 7.44. The highest BCUT2D eigenvalue weighted by molar-refractivity contribution is 6.00. The molecular weight excluding hydrogens is 612 g/mol. The molecule has 0 saturated carbocycles. The summed E-state index contributed by atoms with van der Waals surface area (Å²) in [6.07, 6.45) is 3.22. The summed E-state index contributed by atoms with van der Waals surface area (Å²) < 4.78 is 12.1. The van der Waals surface area contributed by atoms with Crippen LogP contribution in [0.2, 0.25) is 0 Å². The van der Waals surface area contributed by atoms with E-state index in [9.17, 15) is 24.9 Å². The van der Waals surface area contributed by atoms with E-state index in [2.05, 4.69) is 35.9 Å². The van der Waals surface area contributed by atoms with Crippen LogP contribution < -0.4 is 27.4 Å². The number of aliphatic hydroxyl groups is 2. The highest BCUT2D eigenvalue weighted by Gasteiger charge is 2.43. The van der Waals surface area contributed by atoms with Crippen LogP contribution >= 0.6 is 0 Å². The molecule has 2 amide bonds. The van der Waals surface area contributed by atoms with Gasteiger partial charge in [0.15, 0.2) is 23.7 Å². The molecule has 1 aliphatic rings. The number of guanidine groups is 1. The number of fused-ring (bicyclic) bond motifs is 2. The van der Waals surface area contributed by atoms with Crippen LogP contribution in [-0.4, -0.2) is 97.9 Å². The number of imidazole rings is 1. The number of methoxy groups -OCH3 is 1. The van der Waals surface area contributed by atoms with Crippen molar-refractivity contribution in [3.8, 4) is 5.75 Å². The Bertz CT molecular complexity index is 1810. The van der Waals surface area contributed by atoms with Crippen LogP contribution in [0.5, 0.6) is 5.75 Å². The fourth-order valence-electron chi connectivity index (χ4n) is 5.03. The summed E-state index contributed by atoms with van der Waals surface area (Å²) in [5.41, 5.74) is 13.2. The fourth-order valence-corrected chi connectivity index (χ4v) is 5.03. The molecule has 0 aliphatic carbocycles. The maximum atomic E-state index is 12.3. The molecule has 4 atom stereocenters. The largest absolute Gasteiger partial charge is 0.507 e. The molecular formula is C30H36N10O7. The first-order chi connectivity index (χ1) is 22.7. The first-order valence-corrected chi connectivity index (χ1v) is 14.7. The van der Waals surface area contributed by atoms with Gasteiger partial charge in [0.25, 0.3) is 0 Å². The number of nitrogens with one attached hydrogen (secondary N) is 3. The summed E-state index contributed by atoms with van der Waals surface area (Å²) in [6, 6.07) is 7.49. The summed E-state index contributed by atoms with van der Waals surface area (Å²) in [6.45, 7) is 1.16. The van der Waals surface area contributed by atoms with Crippen LogP contribution in [0.25, 0.3) is 21.9 Å². The van der Waals surface area contributed by atoms with E-state index in [1.807, 2.05) is 0 Å². The molecule has 4 aromatic rings. The van der Waals surface area contributed by atoms with E-state index < -0.39 is 36.5 Å². The van der Waals surface area contributed by atoms with Crippen molar-refractivity contribution in [1.29, 1.82) is 0 Å². The second kappa shape index (κ2) is 14.7. The number of aliphatic imine (C=N–C) groups is 1. The Labute approximate surface area is 268 Å². The van der Waals surface area contributed by atoms with Crippen LogP contribution in [0.15, 0.2) is 60.1 Å². The Kier molecular flexibility index (Phi) is 10.3. The number of rotatable bonds is 11. The molecule has 1 aliphatic heterocycles. The number of nitrogens with two attached hydrogens (primary N) is 2. The minimum Gasteiger partial charge on any atom is -0.507 e. The molecule has 0 spiro atoms. The van der Waals surface area contributed by atoms with Crippen LogP contribution in [0, 0.1) is 0 Å². The summed E-state index contributed by atoms with van der Waals surface area (Å²) in [4.78, 5) is 40.5. The van der Waals surface area contributed by atoms with E-state index in [1.54, 1.807) is 36.4 Å². The zero-order valence-corrected chi connectivity index (χ0v) is 25.4. The van der Waals surface area contributed by atoms with Crippen molar-refractivity contribution in [3.05, 3.63) is 60.7 Å². The summed E-state index contributed by atoms with van der Waals surface area (Å²) in [5.74, 6) is -0.232. The average molecular weight is 649 g/mol. The molecule has 0 bridgehead atoms. The van der Waals surface area contributed by atoms with Gasteiger partial charge in [-0.2, -0.15) is 0 Å². The fraction of sp³-hybridized carbons (Fsp3) is 0.333. The van der Waals surface area contributed by atoms with Crippen LogP contribution in [0.3, 0.4) is 0 Å². The molecule has 2 aromatic heterocycles. The van der Waals surface area contributed by atoms with E-state index in [0.717, 1.165) is 0 Å². The molecule has 248 valence electrons. The van der Waals surface area contributed by atoms with Crippen molar-refractivity contribution in [3.63, 3.8) is 0 Å². The maximum absolute atomic E-state index is 12.3. The van der Waals surface area contributed by atoms with Gasteiger partial charge in [0, 0.05) is 24.2 Å². The lowest BCUT2D eigenvalue weighted by atomic mass is 10.0. The molecule has 3 heterocycles. The minimum atomic E-state index is -1.23. The number of aromatic nitrogens is 4. The average Bonchev–Trinajstić information content (AvgIpc) is 3.61. The van der Waals surface area contributed by atoms with Gasteiger partial charge in [-0.1, -0.05) is 18.2 Å². The van der Waals surface area contributed by atoms with Crippen molar-refractivity contribution in [2.75, 3.05) is 37.8 Å². The zero-order chi connectivity index (χ0) is 33.5. The number of hydrogen-bond acceptors (Lipinski definition) is 12. The first kappa shape index (κ1) is 32.9. The van der Waals surface area contributed by atoms with E-state index in [1.165, 1.54) is 30.4 Å². The highest BCUT2D eigenvalue weighted by atomic mass is 16.6. The number of carbonyl (C=O) groups is 2. The van der Waals surface area contributed by atoms with Crippen LogP contribution in [-0.2, 0) is 9.47 Å². The topological polar surface area (TPSA) is 257 Å².